The van der Waals surface area contributed by atoms with Gasteiger partial charge in [0.2, 0.25) is 5.79 Å². The van der Waals surface area contributed by atoms with Crippen LogP contribution in [0.2, 0.25) is 0 Å². The Morgan fingerprint density at radius 1 is 1.29 bits per heavy atom. The molecule has 3 aliphatic rings. The summed E-state index contributed by atoms with van der Waals surface area (Å²) >= 11 is 8.16. The standard InChI is InChI=1S/C20H25ClO6S/c1-9(22)16-4-3-13(28-16)5-11-6-14-12(7-15(11)21)8-26-20(14)19(25)18(24)17(23)10(2)27-20/h3-4,6,9-10,15,17-19,22-25H,5,7-8H2,1-2H3/t9-,10-,15?,17-,18+,19-,20+/m1/s1. The van der Waals surface area contributed by atoms with E-state index in [-0.39, 0.29) is 12.0 Å². The maximum atomic E-state index is 10.7. The Morgan fingerprint density at radius 2 is 2.04 bits per heavy atom. The SMILES string of the molecule is C[C@@H](O)c1ccc(CC2=CC3=C(CO[C@]34O[C@H](C)[C@@H](O)[C@H](O)[C@H]4O)CC2Cl)s1. The number of hydrogen-bond acceptors (Lipinski definition) is 7. The number of alkyl halides is 1. The molecule has 2 aliphatic heterocycles. The number of rotatable bonds is 3. The number of fused-ring (bicyclic) bond motifs is 1. The van der Waals surface area contributed by atoms with E-state index in [2.05, 4.69) is 0 Å². The van der Waals surface area contributed by atoms with Crippen molar-refractivity contribution in [3.63, 3.8) is 0 Å². The molecule has 0 amide bonds. The van der Waals surface area contributed by atoms with Gasteiger partial charge in [-0.2, -0.15) is 0 Å². The van der Waals surface area contributed by atoms with Crippen LogP contribution in [-0.4, -0.2) is 62.6 Å². The minimum absolute atomic E-state index is 0.205. The van der Waals surface area contributed by atoms with Gasteiger partial charge in [0.25, 0.3) is 0 Å². The number of aliphatic hydroxyl groups is 4. The summed E-state index contributed by atoms with van der Waals surface area (Å²) in [5.41, 5.74) is 2.60. The molecule has 3 heterocycles. The zero-order valence-corrected chi connectivity index (χ0v) is 17.3. The van der Waals surface area contributed by atoms with E-state index in [9.17, 15) is 20.4 Å². The minimum Gasteiger partial charge on any atom is -0.388 e. The Hall–Kier alpha value is -0.770. The van der Waals surface area contributed by atoms with Gasteiger partial charge >= 0.3 is 0 Å². The van der Waals surface area contributed by atoms with Crippen molar-refractivity contribution >= 4 is 22.9 Å². The van der Waals surface area contributed by atoms with Crippen LogP contribution < -0.4 is 0 Å². The molecule has 1 aliphatic carbocycles. The molecule has 0 saturated carbocycles. The number of hydrogen-bond donors (Lipinski definition) is 4. The maximum absolute atomic E-state index is 10.7. The number of allylic oxidation sites excluding steroid dienone is 1. The fraction of sp³-hybridized carbons (Fsp3) is 0.600. The van der Waals surface area contributed by atoms with E-state index in [0.29, 0.717) is 18.4 Å². The quantitative estimate of drug-likeness (QED) is 0.548. The van der Waals surface area contributed by atoms with Gasteiger partial charge in [0.1, 0.15) is 18.3 Å². The van der Waals surface area contributed by atoms with Crippen LogP contribution in [0.1, 0.15) is 36.1 Å². The van der Waals surface area contributed by atoms with Crippen molar-refractivity contribution in [2.75, 3.05) is 6.61 Å². The highest BCUT2D eigenvalue weighted by Gasteiger charge is 2.58. The van der Waals surface area contributed by atoms with Gasteiger partial charge in [0.15, 0.2) is 0 Å². The second kappa shape index (κ2) is 7.49. The summed E-state index contributed by atoms with van der Waals surface area (Å²) in [6, 6.07) is 3.89. The van der Waals surface area contributed by atoms with Gasteiger partial charge in [0.05, 0.1) is 24.2 Å². The first-order valence-corrected chi connectivity index (χ1v) is 10.7. The third-order valence-electron chi connectivity index (χ3n) is 5.75. The van der Waals surface area contributed by atoms with Crippen LogP contribution in [0, 0.1) is 0 Å². The van der Waals surface area contributed by atoms with E-state index in [1.54, 1.807) is 25.2 Å². The number of ether oxygens (including phenoxy) is 2. The fourth-order valence-electron chi connectivity index (χ4n) is 4.12. The normalized spacial score (nSPS) is 39.2. The Balaban J connectivity index is 1.65. The number of aliphatic hydroxyl groups excluding tert-OH is 4. The van der Waals surface area contributed by atoms with Crippen LogP contribution in [0.25, 0.3) is 0 Å². The summed E-state index contributed by atoms with van der Waals surface area (Å²) < 4.78 is 11.8. The Kier molecular flexibility index (Phi) is 5.48. The van der Waals surface area contributed by atoms with Crippen LogP contribution in [0.4, 0.5) is 0 Å². The summed E-state index contributed by atoms with van der Waals surface area (Å²) in [6.07, 6.45) is -2.06. The van der Waals surface area contributed by atoms with E-state index >= 15 is 0 Å². The largest absolute Gasteiger partial charge is 0.388 e. The molecule has 1 aromatic heterocycles. The summed E-state index contributed by atoms with van der Waals surface area (Å²) in [4.78, 5) is 1.98. The third-order valence-corrected chi connectivity index (χ3v) is 7.44. The van der Waals surface area contributed by atoms with Crippen LogP contribution in [-0.2, 0) is 15.9 Å². The average molecular weight is 429 g/mol. The smallest absolute Gasteiger partial charge is 0.225 e. The molecule has 1 unspecified atom stereocenters. The van der Waals surface area contributed by atoms with Crippen LogP contribution in [0.15, 0.2) is 34.9 Å². The molecule has 1 fully saturated rings. The molecule has 4 rings (SSSR count). The number of halogens is 1. The lowest BCUT2D eigenvalue weighted by molar-refractivity contribution is -0.330. The lowest BCUT2D eigenvalue weighted by Crippen LogP contribution is -2.64. The second-order valence-corrected chi connectivity index (χ2v) is 9.50. The fourth-order valence-corrected chi connectivity index (χ4v) is 5.43. The molecule has 0 radical (unpaired) electrons. The van der Waals surface area contributed by atoms with Crippen LogP contribution >= 0.6 is 22.9 Å². The van der Waals surface area contributed by atoms with Gasteiger partial charge in [-0.1, -0.05) is 6.08 Å². The zero-order chi connectivity index (χ0) is 20.2. The lowest BCUT2D eigenvalue weighted by Gasteiger charge is -2.46. The highest BCUT2D eigenvalue weighted by atomic mass is 35.5. The molecule has 1 saturated heterocycles. The monoisotopic (exact) mass is 428 g/mol. The van der Waals surface area contributed by atoms with Crippen molar-refractivity contribution in [2.45, 2.75) is 68.4 Å². The van der Waals surface area contributed by atoms with E-state index in [4.69, 9.17) is 21.1 Å². The van der Waals surface area contributed by atoms with Crippen molar-refractivity contribution in [3.8, 4) is 0 Å². The topological polar surface area (TPSA) is 99.4 Å². The van der Waals surface area contributed by atoms with E-state index in [0.717, 1.165) is 20.9 Å². The van der Waals surface area contributed by atoms with Gasteiger partial charge in [-0.3, -0.25) is 0 Å². The molecule has 8 heteroatoms. The number of thiophene rings is 1. The molecular weight excluding hydrogens is 404 g/mol. The van der Waals surface area contributed by atoms with Gasteiger partial charge in [0, 0.05) is 21.7 Å². The zero-order valence-electron chi connectivity index (χ0n) is 15.7. The van der Waals surface area contributed by atoms with Crippen molar-refractivity contribution < 1.29 is 29.9 Å². The first-order chi connectivity index (χ1) is 13.2. The van der Waals surface area contributed by atoms with E-state index < -0.39 is 36.3 Å². The maximum Gasteiger partial charge on any atom is 0.225 e. The molecule has 1 spiro atoms. The molecule has 0 aromatic carbocycles. The van der Waals surface area contributed by atoms with Crippen LogP contribution in [0.3, 0.4) is 0 Å². The second-order valence-electron chi connectivity index (χ2n) is 7.77. The summed E-state index contributed by atoms with van der Waals surface area (Å²) in [5.74, 6) is -1.49. The van der Waals surface area contributed by atoms with Gasteiger partial charge in [-0.05, 0) is 43.5 Å². The molecule has 0 bridgehead atoms. The Labute approximate surface area is 172 Å². The third kappa shape index (κ3) is 3.28. The first kappa shape index (κ1) is 20.5. The summed E-state index contributed by atoms with van der Waals surface area (Å²) in [6.45, 7) is 3.64. The molecule has 6 nitrogen and oxygen atoms in total. The Bertz CT molecular complexity index is 817. The van der Waals surface area contributed by atoms with E-state index in [1.807, 2.05) is 18.2 Å². The molecular formula is C20H25ClO6S. The van der Waals surface area contributed by atoms with Crippen molar-refractivity contribution in [3.05, 3.63) is 44.7 Å². The molecule has 1 aromatic rings. The van der Waals surface area contributed by atoms with Gasteiger partial charge in [-0.15, -0.1) is 22.9 Å². The molecule has 154 valence electrons. The lowest BCUT2D eigenvalue weighted by atomic mass is 9.82. The first-order valence-electron chi connectivity index (χ1n) is 9.42. The van der Waals surface area contributed by atoms with Gasteiger partial charge < -0.3 is 29.9 Å². The minimum atomic E-state index is -1.49. The highest BCUT2D eigenvalue weighted by Crippen LogP contribution is 2.47. The summed E-state index contributed by atoms with van der Waals surface area (Å²) in [7, 11) is 0. The van der Waals surface area contributed by atoms with Crippen LogP contribution in [0.5, 0.6) is 0 Å². The Morgan fingerprint density at radius 3 is 2.71 bits per heavy atom. The summed E-state index contributed by atoms with van der Waals surface area (Å²) in [5, 5.41) is 40.5. The van der Waals surface area contributed by atoms with Crippen molar-refractivity contribution in [1.82, 2.24) is 0 Å². The average Bonchev–Trinajstić information content (AvgIpc) is 3.25. The molecule has 7 atom stereocenters. The van der Waals surface area contributed by atoms with Crippen molar-refractivity contribution in [2.24, 2.45) is 0 Å². The molecule has 28 heavy (non-hydrogen) atoms. The predicted molar refractivity (Wildman–Crippen MR) is 105 cm³/mol. The molecule has 4 N–H and O–H groups in total. The van der Waals surface area contributed by atoms with E-state index in [1.165, 1.54) is 0 Å². The highest BCUT2D eigenvalue weighted by molar-refractivity contribution is 7.12. The predicted octanol–water partition coefficient (Wildman–Crippen LogP) is 1.81. The van der Waals surface area contributed by atoms with Crippen molar-refractivity contribution in [1.29, 1.82) is 0 Å². The van der Waals surface area contributed by atoms with Gasteiger partial charge in [-0.25, -0.2) is 0 Å².